The van der Waals surface area contributed by atoms with Crippen molar-refractivity contribution < 1.29 is 27.1 Å². The molecule has 0 aromatic heterocycles. The van der Waals surface area contributed by atoms with Gasteiger partial charge in [0.2, 0.25) is 0 Å². The second-order valence-corrected chi connectivity index (χ2v) is 6.23. The smallest absolute Gasteiger partial charge is 0.416 e. The van der Waals surface area contributed by atoms with E-state index in [0.29, 0.717) is 38.7 Å². The summed E-state index contributed by atoms with van der Waals surface area (Å²) in [5.41, 5.74) is -1.03. The van der Waals surface area contributed by atoms with Crippen LogP contribution in [0.25, 0.3) is 0 Å². The number of carbonyl (C=O) groups excluding carboxylic acids is 1. The zero-order chi connectivity index (χ0) is 18.4. The van der Waals surface area contributed by atoms with Gasteiger partial charge in [-0.2, -0.15) is 13.2 Å². The Hall–Kier alpha value is -1.83. The second-order valence-electron chi connectivity index (χ2n) is 6.23. The molecule has 0 saturated carbocycles. The maximum absolute atomic E-state index is 13.6. The van der Waals surface area contributed by atoms with Gasteiger partial charge in [0.05, 0.1) is 11.3 Å². The van der Waals surface area contributed by atoms with Crippen molar-refractivity contribution in [1.82, 2.24) is 5.32 Å². The molecule has 4 nitrogen and oxygen atoms in total. The molecular weight excluding hydrogens is 328 g/mol. The van der Waals surface area contributed by atoms with Crippen LogP contribution in [0.3, 0.4) is 0 Å². The molecule has 0 amide bonds. The number of halogens is 4. The Morgan fingerprint density at radius 3 is 2.12 bits per heavy atom. The molecule has 1 aliphatic rings. The Balaban J connectivity index is 0.000000351. The van der Waals surface area contributed by atoms with Crippen molar-refractivity contribution in [2.75, 3.05) is 31.1 Å². The number of ether oxygens (including phenoxy) is 1. The number of benzene rings is 1. The van der Waals surface area contributed by atoms with Crippen molar-refractivity contribution in [3.8, 4) is 0 Å². The Morgan fingerprint density at radius 1 is 1.17 bits per heavy atom. The molecule has 1 heterocycles. The van der Waals surface area contributed by atoms with E-state index in [4.69, 9.17) is 0 Å². The number of nitrogens with zero attached hydrogens (tertiary/aromatic N) is 1. The van der Waals surface area contributed by atoms with Crippen LogP contribution in [0.15, 0.2) is 18.2 Å². The molecule has 24 heavy (non-hydrogen) atoms. The average molecular weight is 350 g/mol. The molecule has 1 aliphatic heterocycles. The standard InChI is InChI=1S/C11H12F4N2.C5H10O2/c12-9-7-8(11(13,14)15)1-2-10(9)17-5-3-16-4-6-17;1-5(2,3)7-4-6/h1-2,7,16H,3-6H2;4H,1-3H3. The lowest BCUT2D eigenvalue weighted by Gasteiger charge is -2.29. The van der Waals surface area contributed by atoms with E-state index in [1.807, 2.05) is 20.8 Å². The summed E-state index contributed by atoms with van der Waals surface area (Å²) in [7, 11) is 0. The maximum Gasteiger partial charge on any atom is 0.416 e. The molecule has 0 spiro atoms. The summed E-state index contributed by atoms with van der Waals surface area (Å²) in [6.45, 7) is 8.54. The van der Waals surface area contributed by atoms with Crippen LogP contribution in [-0.2, 0) is 15.7 Å². The minimum atomic E-state index is -4.50. The molecule has 1 saturated heterocycles. The van der Waals surface area contributed by atoms with Crippen LogP contribution in [0.5, 0.6) is 0 Å². The van der Waals surface area contributed by atoms with Gasteiger partial charge in [-0.15, -0.1) is 0 Å². The van der Waals surface area contributed by atoms with Crippen LogP contribution in [0.2, 0.25) is 0 Å². The quantitative estimate of drug-likeness (QED) is 0.657. The van der Waals surface area contributed by atoms with Crippen molar-refractivity contribution in [2.45, 2.75) is 32.5 Å². The first-order valence-corrected chi connectivity index (χ1v) is 7.48. The molecule has 1 aromatic carbocycles. The molecule has 0 bridgehead atoms. The number of rotatable bonds is 2. The summed E-state index contributed by atoms with van der Waals surface area (Å²) in [6.07, 6.45) is -4.50. The zero-order valence-electron chi connectivity index (χ0n) is 13.9. The first-order valence-electron chi connectivity index (χ1n) is 7.48. The first-order chi connectivity index (χ1) is 11.0. The van der Waals surface area contributed by atoms with Gasteiger partial charge in [-0.3, -0.25) is 4.79 Å². The predicted molar refractivity (Wildman–Crippen MR) is 83.4 cm³/mol. The predicted octanol–water partition coefficient (Wildman–Crippen LogP) is 3.21. The van der Waals surface area contributed by atoms with Gasteiger partial charge in [0.1, 0.15) is 11.4 Å². The van der Waals surface area contributed by atoms with E-state index >= 15 is 0 Å². The molecule has 2 rings (SSSR count). The van der Waals surface area contributed by atoms with Crippen molar-refractivity contribution in [3.63, 3.8) is 0 Å². The lowest BCUT2D eigenvalue weighted by molar-refractivity contribution is -0.139. The molecule has 8 heteroatoms. The number of alkyl halides is 3. The van der Waals surface area contributed by atoms with Crippen LogP contribution in [0.1, 0.15) is 26.3 Å². The Labute approximate surface area is 138 Å². The van der Waals surface area contributed by atoms with Gasteiger partial charge in [0, 0.05) is 26.2 Å². The van der Waals surface area contributed by atoms with Crippen molar-refractivity contribution >= 4 is 12.2 Å². The minimum absolute atomic E-state index is 0.236. The van der Waals surface area contributed by atoms with Gasteiger partial charge < -0.3 is 15.0 Å². The Kier molecular flexibility index (Phi) is 7.01. The van der Waals surface area contributed by atoms with Crippen molar-refractivity contribution in [3.05, 3.63) is 29.6 Å². The van der Waals surface area contributed by atoms with Crippen LogP contribution in [0, 0.1) is 5.82 Å². The first kappa shape index (κ1) is 20.2. The SMILES string of the molecule is CC(C)(C)OC=O.Fc1cc(C(F)(F)F)ccc1N1CCNCC1. The summed E-state index contributed by atoms with van der Waals surface area (Å²) >= 11 is 0. The molecule has 0 atom stereocenters. The molecule has 1 aromatic rings. The highest BCUT2D eigenvalue weighted by molar-refractivity contribution is 5.50. The third kappa shape index (κ3) is 6.74. The molecule has 1 N–H and O–H groups in total. The van der Waals surface area contributed by atoms with Gasteiger partial charge in [0.25, 0.3) is 6.47 Å². The number of hydrogen-bond acceptors (Lipinski definition) is 4. The summed E-state index contributed by atoms with van der Waals surface area (Å²) in [5, 5.41) is 3.10. The zero-order valence-corrected chi connectivity index (χ0v) is 13.9. The Bertz CT molecular complexity index is 536. The number of carbonyl (C=O) groups is 1. The molecule has 136 valence electrons. The molecule has 0 unspecified atom stereocenters. The van der Waals surface area contributed by atoms with Crippen molar-refractivity contribution in [1.29, 1.82) is 0 Å². The molecule has 0 radical (unpaired) electrons. The maximum atomic E-state index is 13.6. The van der Waals surface area contributed by atoms with Gasteiger partial charge in [-0.25, -0.2) is 4.39 Å². The number of anilines is 1. The highest BCUT2D eigenvalue weighted by atomic mass is 19.4. The second kappa shape index (κ2) is 8.32. The number of nitrogens with one attached hydrogen (secondary N) is 1. The van der Waals surface area contributed by atoms with Crippen LogP contribution in [-0.4, -0.2) is 38.3 Å². The lowest BCUT2D eigenvalue weighted by Crippen LogP contribution is -2.43. The highest BCUT2D eigenvalue weighted by Crippen LogP contribution is 2.32. The third-order valence-electron chi connectivity index (χ3n) is 3.13. The van der Waals surface area contributed by atoms with E-state index in [0.717, 1.165) is 6.07 Å². The molecule has 0 aliphatic carbocycles. The average Bonchev–Trinajstić information content (AvgIpc) is 2.46. The van der Waals surface area contributed by atoms with Crippen molar-refractivity contribution in [2.24, 2.45) is 0 Å². The Morgan fingerprint density at radius 2 is 1.75 bits per heavy atom. The molecular formula is C16H22F4N2O2. The van der Waals surface area contributed by atoms with Gasteiger partial charge in [-0.05, 0) is 39.0 Å². The van der Waals surface area contributed by atoms with E-state index in [9.17, 15) is 22.4 Å². The van der Waals surface area contributed by atoms with E-state index in [-0.39, 0.29) is 11.3 Å². The summed E-state index contributed by atoms with van der Waals surface area (Å²) in [6, 6.07) is 2.67. The third-order valence-corrected chi connectivity index (χ3v) is 3.13. The van der Waals surface area contributed by atoms with Crippen LogP contribution >= 0.6 is 0 Å². The normalized spacial score (nSPS) is 15.4. The highest BCUT2D eigenvalue weighted by Gasteiger charge is 2.31. The van der Waals surface area contributed by atoms with Gasteiger partial charge in [0.15, 0.2) is 0 Å². The summed E-state index contributed by atoms with van der Waals surface area (Å²) in [5.74, 6) is -0.818. The minimum Gasteiger partial charge on any atom is -0.462 e. The van der Waals surface area contributed by atoms with Crippen LogP contribution < -0.4 is 10.2 Å². The fourth-order valence-corrected chi connectivity index (χ4v) is 1.99. The number of piperazine rings is 1. The largest absolute Gasteiger partial charge is 0.462 e. The van der Waals surface area contributed by atoms with Gasteiger partial charge >= 0.3 is 6.18 Å². The fourth-order valence-electron chi connectivity index (χ4n) is 1.99. The fraction of sp³-hybridized carbons (Fsp3) is 0.562. The topological polar surface area (TPSA) is 41.6 Å². The van der Waals surface area contributed by atoms with E-state index in [1.54, 1.807) is 4.90 Å². The van der Waals surface area contributed by atoms with E-state index in [2.05, 4.69) is 10.1 Å². The summed E-state index contributed by atoms with van der Waals surface area (Å²) in [4.78, 5) is 11.3. The lowest BCUT2D eigenvalue weighted by atomic mass is 10.1. The molecule has 1 fully saturated rings. The van der Waals surface area contributed by atoms with Gasteiger partial charge in [-0.1, -0.05) is 0 Å². The van der Waals surface area contributed by atoms with Crippen LogP contribution in [0.4, 0.5) is 23.2 Å². The monoisotopic (exact) mass is 350 g/mol. The van der Waals surface area contributed by atoms with E-state index in [1.165, 1.54) is 6.07 Å². The number of hydrogen-bond donors (Lipinski definition) is 1. The van der Waals surface area contributed by atoms with E-state index < -0.39 is 17.6 Å². The summed E-state index contributed by atoms with van der Waals surface area (Å²) < 4.78 is 55.2.